The predicted octanol–water partition coefficient (Wildman–Crippen LogP) is 3.34. The lowest BCUT2D eigenvalue weighted by Crippen LogP contribution is -2.46. The molecule has 0 radical (unpaired) electrons. The molecule has 2 aromatic rings. The van der Waals surface area contributed by atoms with Crippen molar-refractivity contribution in [1.82, 2.24) is 4.98 Å². The van der Waals surface area contributed by atoms with Crippen LogP contribution in [-0.2, 0) is 16.1 Å². The van der Waals surface area contributed by atoms with Crippen molar-refractivity contribution in [2.24, 2.45) is 11.1 Å². The number of aromatic nitrogens is 1. The average molecular weight is 432 g/mol. The Morgan fingerprint density at radius 3 is 2.61 bits per heavy atom. The van der Waals surface area contributed by atoms with Crippen molar-refractivity contribution in [2.45, 2.75) is 19.4 Å². The first kappa shape index (κ1) is 24.1. The van der Waals surface area contributed by atoms with Gasteiger partial charge in [0.15, 0.2) is 11.6 Å². The number of pyridine rings is 1. The van der Waals surface area contributed by atoms with Crippen molar-refractivity contribution in [1.29, 1.82) is 0 Å². The quantitative estimate of drug-likeness (QED) is 0.732. The standard InChI is InChI=1S/C19H22FN3O3.2ClH/c20-16-11-14(23-18(24)19(13-21)6-9-25-10-7-19)4-5-17(16)26-12-15-3-1-2-8-22-15;;/h1-5,8,11H,6-7,9-10,12-13,21H2,(H,23,24);2*1H. The van der Waals surface area contributed by atoms with Crippen LogP contribution in [0.4, 0.5) is 10.1 Å². The molecule has 1 aromatic heterocycles. The fourth-order valence-corrected chi connectivity index (χ4v) is 2.88. The summed E-state index contributed by atoms with van der Waals surface area (Å²) in [6, 6.07) is 9.78. The number of ether oxygens (including phenoxy) is 2. The highest BCUT2D eigenvalue weighted by molar-refractivity contribution is 5.95. The van der Waals surface area contributed by atoms with Gasteiger partial charge in [-0.1, -0.05) is 6.07 Å². The van der Waals surface area contributed by atoms with Gasteiger partial charge in [-0.2, -0.15) is 0 Å². The molecule has 1 amide bonds. The minimum absolute atomic E-state index is 0. The van der Waals surface area contributed by atoms with Crippen LogP contribution in [0.15, 0.2) is 42.6 Å². The van der Waals surface area contributed by atoms with E-state index in [1.165, 1.54) is 12.1 Å². The van der Waals surface area contributed by atoms with Gasteiger partial charge in [0, 0.05) is 37.7 Å². The summed E-state index contributed by atoms with van der Waals surface area (Å²) in [7, 11) is 0. The molecule has 1 saturated heterocycles. The van der Waals surface area contributed by atoms with Gasteiger partial charge in [-0.05, 0) is 37.1 Å². The number of nitrogens with one attached hydrogen (secondary N) is 1. The van der Waals surface area contributed by atoms with Gasteiger partial charge < -0.3 is 20.5 Å². The van der Waals surface area contributed by atoms with E-state index in [4.69, 9.17) is 15.2 Å². The number of nitrogens with zero attached hydrogens (tertiary/aromatic N) is 1. The number of carbonyl (C=O) groups is 1. The van der Waals surface area contributed by atoms with Gasteiger partial charge in [0.1, 0.15) is 6.61 Å². The highest BCUT2D eigenvalue weighted by Gasteiger charge is 2.38. The van der Waals surface area contributed by atoms with E-state index in [0.29, 0.717) is 37.4 Å². The van der Waals surface area contributed by atoms with Crippen LogP contribution < -0.4 is 15.8 Å². The number of rotatable bonds is 6. The molecule has 1 aliphatic rings. The topological polar surface area (TPSA) is 86.5 Å². The molecule has 0 bridgehead atoms. The van der Waals surface area contributed by atoms with Crippen LogP contribution in [0, 0.1) is 11.2 Å². The normalized spacial score (nSPS) is 14.9. The van der Waals surface area contributed by atoms with Crippen LogP contribution in [0.3, 0.4) is 0 Å². The first-order valence-corrected chi connectivity index (χ1v) is 8.54. The van der Waals surface area contributed by atoms with Crippen LogP contribution in [0.2, 0.25) is 0 Å². The van der Waals surface area contributed by atoms with E-state index in [1.54, 1.807) is 24.4 Å². The van der Waals surface area contributed by atoms with Crippen LogP contribution in [0.5, 0.6) is 5.75 Å². The second kappa shape index (κ2) is 11.2. The Kier molecular flexibility index (Phi) is 9.61. The molecule has 0 atom stereocenters. The second-order valence-corrected chi connectivity index (χ2v) is 6.31. The molecular weight excluding hydrogens is 408 g/mol. The van der Waals surface area contributed by atoms with E-state index >= 15 is 0 Å². The molecule has 1 aliphatic heterocycles. The van der Waals surface area contributed by atoms with Gasteiger partial charge in [0.2, 0.25) is 5.91 Å². The Bertz CT molecular complexity index is 759. The number of nitrogens with two attached hydrogens (primary N) is 1. The molecule has 0 aliphatic carbocycles. The molecule has 28 heavy (non-hydrogen) atoms. The number of carbonyl (C=O) groups excluding carboxylic acids is 1. The zero-order chi connectivity index (χ0) is 18.4. The van der Waals surface area contributed by atoms with Crippen LogP contribution >= 0.6 is 24.8 Å². The Hall–Kier alpha value is -1.93. The average Bonchev–Trinajstić information content (AvgIpc) is 2.68. The number of hydrogen-bond acceptors (Lipinski definition) is 5. The predicted molar refractivity (Wildman–Crippen MR) is 110 cm³/mol. The maximum absolute atomic E-state index is 14.3. The van der Waals surface area contributed by atoms with Crippen LogP contribution in [0.1, 0.15) is 18.5 Å². The maximum Gasteiger partial charge on any atom is 0.232 e. The zero-order valence-electron chi connectivity index (χ0n) is 15.2. The van der Waals surface area contributed by atoms with Gasteiger partial charge in [0.05, 0.1) is 11.1 Å². The Balaban J connectivity index is 0.00000196. The molecule has 3 rings (SSSR count). The van der Waals surface area contributed by atoms with Gasteiger partial charge in [-0.3, -0.25) is 9.78 Å². The molecule has 0 spiro atoms. The van der Waals surface area contributed by atoms with Crippen molar-refractivity contribution in [3.63, 3.8) is 0 Å². The van der Waals surface area contributed by atoms with Crippen molar-refractivity contribution in [2.75, 3.05) is 25.1 Å². The van der Waals surface area contributed by atoms with Crippen molar-refractivity contribution >= 4 is 36.4 Å². The highest BCUT2D eigenvalue weighted by Crippen LogP contribution is 2.31. The third-order valence-electron chi connectivity index (χ3n) is 4.61. The molecule has 0 unspecified atom stereocenters. The number of anilines is 1. The summed E-state index contributed by atoms with van der Waals surface area (Å²) in [5.74, 6) is -0.648. The maximum atomic E-state index is 14.3. The highest BCUT2D eigenvalue weighted by atomic mass is 35.5. The monoisotopic (exact) mass is 431 g/mol. The number of hydrogen-bond donors (Lipinski definition) is 2. The SMILES string of the molecule is Cl.Cl.NCC1(C(=O)Nc2ccc(OCc3ccccn3)c(F)c2)CCOCC1. The summed E-state index contributed by atoms with van der Waals surface area (Å²) in [6.45, 7) is 1.40. The number of halogens is 3. The summed E-state index contributed by atoms with van der Waals surface area (Å²) >= 11 is 0. The molecule has 1 fully saturated rings. The Morgan fingerprint density at radius 2 is 2.00 bits per heavy atom. The smallest absolute Gasteiger partial charge is 0.232 e. The molecule has 6 nitrogen and oxygen atoms in total. The van der Waals surface area contributed by atoms with E-state index in [0.717, 1.165) is 0 Å². The summed E-state index contributed by atoms with van der Waals surface area (Å²) in [5.41, 5.74) is 6.24. The Morgan fingerprint density at radius 1 is 1.25 bits per heavy atom. The fourth-order valence-electron chi connectivity index (χ4n) is 2.88. The van der Waals surface area contributed by atoms with E-state index in [-0.39, 0.29) is 49.6 Å². The lowest BCUT2D eigenvalue weighted by Gasteiger charge is -2.34. The van der Waals surface area contributed by atoms with Crippen molar-refractivity contribution in [3.05, 3.63) is 54.1 Å². The molecule has 9 heteroatoms. The second-order valence-electron chi connectivity index (χ2n) is 6.31. The lowest BCUT2D eigenvalue weighted by atomic mass is 9.79. The molecular formula is C19H24Cl2FN3O3. The van der Waals surface area contributed by atoms with E-state index in [9.17, 15) is 9.18 Å². The largest absolute Gasteiger partial charge is 0.484 e. The Labute approximate surface area is 175 Å². The van der Waals surface area contributed by atoms with E-state index in [2.05, 4.69) is 10.3 Å². The first-order chi connectivity index (χ1) is 12.6. The van der Waals surface area contributed by atoms with Gasteiger partial charge in [0.25, 0.3) is 0 Å². The van der Waals surface area contributed by atoms with Gasteiger partial charge in [-0.15, -0.1) is 24.8 Å². The summed E-state index contributed by atoms with van der Waals surface area (Å²) < 4.78 is 25.0. The number of amides is 1. The zero-order valence-corrected chi connectivity index (χ0v) is 16.9. The van der Waals surface area contributed by atoms with Gasteiger partial charge >= 0.3 is 0 Å². The molecule has 154 valence electrons. The molecule has 1 aromatic carbocycles. The van der Waals surface area contributed by atoms with Crippen molar-refractivity contribution < 1.29 is 18.7 Å². The van der Waals surface area contributed by atoms with E-state index in [1.807, 2.05) is 6.07 Å². The van der Waals surface area contributed by atoms with Crippen LogP contribution in [0.25, 0.3) is 0 Å². The first-order valence-electron chi connectivity index (χ1n) is 8.54. The summed E-state index contributed by atoms with van der Waals surface area (Å²) in [4.78, 5) is 16.7. The van der Waals surface area contributed by atoms with Crippen molar-refractivity contribution in [3.8, 4) is 5.75 Å². The fraction of sp³-hybridized carbons (Fsp3) is 0.368. The summed E-state index contributed by atoms with van der Waals surface area (Å²) in [6.07, 6.45) is 2.77. The van der Waals surface area contributed by atoms with Crippen LogP contribution in [-0.4, -0.2) is 30.6 Å². The molecule has 0 saturated carbocycles. The summed E-state index contributed by atoms with van der Waals surface area (Å²) in [5, 5.41) is 2.76. The third-order valence-corrected chi connectivity index (χ3v) is 4.61. The minimum atomic E-state index is -0.664. The third kappa shape index (κ3) is 5.78. The molecule has 3 N–H and O–H groups in total. The van der Waals surface area contributed by atoms with E-state index < -0.39 is 11.2 Å². The number of benzene rings is 1. The minimum Gasteiger partial charge on any atom is -0.484 e. The van der Waals surface area contributed by atoms with Gasteiger partial charge in [-0.25, -0.2) is 4.39 Å². The lowest BCUT2D eigenvalue weighted by molar-refractivity contribution is -0.130. The molecule has 2 heterocycles.